The van der Waals surface area contributed by atoms with E-state index >= 15 is 0 Å². The number of methoxy groups -OCH3 is 1. The van der Waals surface area contributed by atoms with Crippen molar-refractivity contribution in [1.29, 1.82) is 5.26 Å². The smallest absolute Gasteiger partial charge is 0.308 e. The second kappa shape index (κ2) is 5.98. The van der Waals surface area contributed by atoms with Gasteiger partial charge < -0.3 is 9.30 Å². The van der Waals surface area contributed by atoms with Gasteiger partial charge in [-0.1, -0.05) is 12.1 Å². The first-order chi connectivity index (χ1) is 10.7. The molecule has 1 aliphatic heterocycles. The Balaban J connectivity index is 1.91. The molecule has 1 aliphatic rings. The molecule has 0 aliphatic carbocycles. The first kappa shape index (κ1) is 14.3. The monoisotopic (exact) mass is 296 g/mol. The van der Waals surface area contributed by atoms with Crippen molar-refractivity contribution in [2.24, 2.45) is 5.92 Å². The number of rotatable bonds is 2. The normalized spacial score (nSPS) is 17.2. The number of hydrogen-bond donors (Lipinski definition) is 0. The summed E-state index contributed by atoms with van der Waals surface area (Å²) < 4.78 is 6.89. The number of nitriles is 1. The number of nitrogens with zero attached hydrogens (tertiary/aromatic N) is 4. The zero-order chi connectivity index (χ0) is 15.5. The van der Waals surface area contributed by atoms with Crippen molar-refractivity contribution in [2.45, 2.75) is 25.8 Å². The fourth-order valence-corrected chi connectivity index (χ4v) is 2.83. The molecule has 3 rings (SSSR count). The van der Waals surface area contributed by atoms with Gasteiger partial charge >= 0.3 is 5.97 Å². The summed E-state index contributed by atoms with van der Waals surface area (Å²) in [6.45, 7) is 0.675. The van der Waals surface area contributed by atoms with Crippen molar-refractivity contribution in [1.82, 2.24) is 14.8 Å². The van der Waals surface area contributed by atoms with Crippen LogP contribution in [-0.4, -0.2) is 27.8 Å². The SMILES string of the molecule is COC(=O)C1CCc2nnc(-c3cccc(C#N)c3)n2CC1. The third kappa shape index (κ3) is 2.58. The van der Waals surface area contributed by atoms with Crippen molar-refractivity contribution in [2.75, 3.05) is 7.11 Å². The molecule has 1 atom stereocenters. The average Bonchev–Trinajstić information content (AvgIpc) is 2.86. The second-order valence-corrected chi connectivity index (χ2v) is 5.33. The molecule has 2 aromatic rings. The molecule has 112 valence electrons. The lowest BCUT2D eigenvalue weighted by molar-refractivity contribution is -0.145. The molecule has 6 nitrogen and oxygen atoms in total. The van der Waals surface area contributed by atoms with E-state index in [4.69, 9.17) is 10.00 Å². The topological polar surface area (TPSA) is 80.8 Å². The van der Waals surface area contributed by atoms with Gasteiger partial charge in [-0.15, -0.1) is 10.2 Å². The molecule has 22 heavy (non-hydrogen) atoms. The van der Waals surface area contributed by atoms with Crippen LogP contribution in [0.25, 0.3) is 11.4 Å². The summed E-state index contributed by atoms with van der Waals surface area (Å²) in [6.07, 6.45) is 2.14. The number of aryl methyl sites for hydroxylation is 1. The van der Waals surface area contributed by atoms with Gasteiger partial charge in [0.25, 0.3) is 0 Å². The van der Waals surface area contributed by atoms with Gasteiger partial charge in [0.15, 0.2) is 5.82 Å². The van der Waals surface area contributed by atoms with E-state index in [-0.39, 0.29) is 11.9 Å². The van der Waals surface area contributed by atoms with Gasteiger partial charge in [0, 0.05) is 18.5 Å². The fourth-order valence-electron chi connectivity index (χ4n) is 2.83. The molecular weight excluding hydrogens is 280 g/mol. The lowest BCUT2D eigenvalue weighted by Crippen LogP contribution is -2.16. The van der Waals surface area contributed by atoms with Crippen LogP contribution in [-0.2, 0) is 22.5 Å². The molecule has 0 radical (unpaired) electrons. The molecule has 6 heteroatoms. The van der Waals surface area contributed by atoms with Crippen LogP contribution >= 0.6 is 0 Å². The molecule has 1 aromatic carbocycles. The van der Waals surface area contributed by atoms with Crippen LogP contribution in [0.4, 0.5) is 0 Å². The largest absolute Gasteiger partial charge is 0.469 e. The first-order valence-electron chi connectivity index (χ1n) is 7.23. The quantitative estimate of drug-likeness (QED) is 0.791. The Bertz CT molecular complexity index is 745. The Kier molecular flexibility index (Phi) is 3.88. The van der Waals surface area contributed by atoms with E-state index in [0.717, 1.165) is 23.6 Å². The molecular formula is C16H16N4O2. The highest BCUT2D eigenvalue weighted by atomic mass is 16.5. The minimum absolute atomic E-state index is 0.0926. The van der Waals surface area contributed by atoms with Crippen molar-refractivity contribution in [3.63, 3.8) is 0 Å². The lowest BCUT2D eigenvalue weighted by atomic mass is 10.0. The van der Waals surface area contributed by atoms with Crippen molar-refractivity contribution < 1.29 is 9.53 Å². The van der Waals surface area contributed by atoms with E-state index in [1.165, 1.54) is 7.11 Å². The number of hydrogen-bond acceptors (Lipinski definition) is 5. The van der Waals surface area contributed by atoms with Crippen molar-refractivity contribution >= 4 is 5.97 Å². The Hall–Kier alpha value is -2.68. The Morgan fingerprint density at radius 1 is 1.41 bits per heavy atom. The van der Waals surface area contributed by atoms with Crippen LogP contribution in [0.1, 0.15) is 24.2 Å². The van der Waals surface area contributed by atoms with E-state index in [9.17, 15) is 4.79 Å². The van der Waals surface area contributed by atoms with Crippen LogP contribution in [0.5, 0.6) is 0 Å². The summed E-state index contributed by atoms with van der Waals surface area (Å²) in [6, 6.07) is 9.45. The molecule has 0 N–H and O–H groups in total. The Labute approximate surface area is 128 Å². The molecule has 0 saturated carbocycles. The van der Waals surface area contributed by atoms with E-state index in [0.29, 0.717) is 24.9 Å². The molecule has 0 saturated heterocycles. The predicted molar refractivity (Wildman–Crippen MR) is 78.6 cm³/mol. The highest BCUT2D eigenvalue weighted by Gasteiger charge is 2.25. The van der Waals surface area contributed by atoms with Crippen LogP contribution in [0, 0.1) is 17.2 Å². The van der Waals surface area contributed by atoms with Gasteiger partial charge in [-0.05, 0) is 25.0 Å². The maximum Gasteiger partial charge on any atom is 0.308 e. The standard InChI is InChI=1S/C16H16N4O2/c1-22-16(21)12-5-6-14-18-19-15(20(14)8-7-12)13-4-2-3-11(9-13)10-17/h2-4,9,12H,5-8H2,1H3. The number of aromatic nitrogens is 3. The number of ether oxygens (including phenoxy) is 1. The van der Waals surface area contributed by atoms with Crippen LogP contribution in [0.2, 0.25) is 0 Å². The average molecular weight is 296 g/mol. The summed E-state index contributed by atoms with van der Waals surface area (Å²) in [5.74, 6) is 1.37. The van der Waals surface area contributed by atoms with Crippen molar-refractivity contribution in [3.8, 4) is 17.5 Å². The molecule has 1 unspecified atom stereocenters. The third-order valence-corrected chi connectivity index (χ3v) is 4.03. The van der Waals surface area contributed by atoms with E-state index in [2.05, 4.69) is 16.3 Å². The maximum absolute atomic E-state index is 11.7. The summed E-state index contributed by atoms with van der Waals surface area (Å²) in [4.78, 5) is 11.7. The number of fused-ring (bicyclic) bond motifs is 1. The summed E-state index contributed by atoms with van der Waals surface area (Å²) in [5, 5.41) is 17.5. The van der Waals surface area contributed by atoms with E-state index in [1.54, 1.807) is 12.1 Å². The van der Waals surface area contributed by atoms with Gasteiger partial charge in [-0.3, -0.25) is 4.79 Å². The first-order valence-corrected chi connectivity index (χ1v) is 7.23. The summed E-state index contributed by atoms with van der Waals surface area (Å²) in [7, 11) is 1.42. The van der Waals surface area contributed by atoms with Gasteiger partial charge in [-0.25, -0.2) is 0 Å². The third-order valence-electron chi connectivity index (χ3n) is 4.03. The van der Waals surface area contributed by atoms with E-state index < -0.39 is 0 Å². The molecule has 0 spiro atoms. The summed E-state index contributed by atoms with van der Waals surface area (Å²) in [5.41, 5.74) is 1.46. The Morgan fingerprint density at radius 2 is 2.27 bits per heavy atom. The number of carbonyl (C=O) groups excluding carboxylic acids is 1. The fraction of sp³-hybridized carbons (Fsp3) is 0.375. The highest BCUT2D eigenvalue weighted by molar-refractivity contribution is 5.72. The molecule has 0 fully saturated rings. The predicted octanol–water partition coefficient (Wildman–Crippen LogP) is 1.94. The highest BCUT2D eigenvalue weighted by Crippen LogP contribution is 2.26. The summed E-state index contributed by atoms with van der Waals surface area (Å²) >= 11 is 0. The van der Waals surface area contributed by atoms with Gasteiger partial charge in [0.1, 0.15) is 5.82 Å². The number of esters is 1. The van der Waals surface area contributed by atoms with E-state index in [1.807, 2.05) is 16.7 Å². The zero-order valence-electron chi connectivity index (χ0n) is 12.3. The van der Waals surface area contributed by atoms with Crippen LogP contribution < -0.4 is 0 Å². The van der Waals surface area contributed by atoms with Crippen LogP contribution in [0.15, 0.2) is 24.3 Å². The number of carbonyl (C=O) groups is 1. The van der Waals surface area contributed by atoms with Crippen LogP contribution in [0.3, 0.4) is 0 Å². The second-order valence-electron chi connectivity index (χ2n) is 5.33. The van der Waals surface area contributed by atoms with Gasteiger partial charge in [0.05, 0.1) is 24.7 Å². The lowest BCUT2D eigenvalue weighted by Gasteiger charge is -2.11. The zero-order valence-corrected chi connectivity index (χ0v) is 12.3. The van der Waals surface area contributed by atoms with Gasteiger partial charge in [0.2, 0.25) is 0 Å². The van der Waals surface area contributed by atoms with Crippen molar-refractivity contribution in [3.05, 3.63) is 35.7 Å². The molecule has 0 amide bonds. The molecule has 0 bridgehead atoms. The minimum Gasteiger partial charge on any atom is -0.469 e. The Morgan fingerprint density at radius 3 is 3.05 bits per heavy atom. The maximum atomic E-state index is 11.7. The number of benzene rings is 1. The molecule has 1 aromatic heterocycles. The minimum atomic E-state index is -0.160. The molecule has 2 heterocycles. The van der Waals surface area contributed by atoms with Gasteiger partial charge in [-0.2, -0.15) is 5.26 Å².